The van der Waals surface area contributed by atoms with Gasteiger partial charge in [0.2, 0.25) is 11.1 Å². The van der Waals surface area contributed by atoms with E-state index in [9.17, 15) is 18.0 Å². The van der Waals surface area contributed by atoms with Gasteiger partial charge in [0.15, 0.2) is 0 Å². The molecule has 0 aliphatic rings. The number of aromatic nitrogens is 3. The number of hydrogen-bond donors (Lipinski definition) is 2. The summed E-state index contributed by atoms with van der Waals surface area (Å²) in [5, 5.41) is 8.39. The summed E-state index contributed by atoms with van der Waals surface area (Å²) in [4.78, 5) is 12.4. The van der Waals surface area contributed by atoms with E-state index >= 15 is 0 Å². The lowest BCUT2D eigenvalue weighted by Crippen LogP contribution is -2.25. The number of nitrogens with zero attached hydrogens (tertiary/aromatic N) is 3. The van der Waals surface area contributed by atoms with Gasteiger partial charge < -0.3 is 11.2 Å². The molecule has 0 aliphatic heterocycles. The number of nitrogens with one attached hydrogen (secondary N) is 1. The molecule has 0 spiro atoms. The van der Waals surface area contributed by atoms with E-state index in [0.717, 1.165) is 23.7 Å². The molecule has 10 heteroatoms. The highest BCUT2D eigenvalue weighted by Crippen LogP contribution is 2.31. The van der Waals surface area contributed by atoms with Crippen LogP contribution in [0.15, 0.2) is 29.4 Å². The second-order valence-corrected chi connectivity index (χ2v) is 7.13. The molecule has 26 heavy (non-hydrogen) atoms. The van der Waals surface area contributed by atoms with Crippen LogP contribution < -0.4 is 11.2 Å². The zero-order valence-electron chi connectivity index (χ0n) is 14.5. The molecule has 0 fully saturated rings. The SMILES string of the molecule is CC[C@@H](C)c1ccccc1NC(=O)[C@H](C)Sc1nnc(C(F)(F)F)n1N. The smallest absolute Gasteiger partial charge is 0.335 e. The molecular formula is C16H20F3N5OS. The molecule has 2 aromatic rings. The predicted molar refractivity (Wildman–Crippen MR) is 94.3 cm³/mol. The van der Waals surface area contributed by atoms with Crippen molar-refractivity contribution in [2.75, 3.05) is 11.2 Å². The van der Waals surface area contributed by atoms with Crippen LogP contribution in [-0.4, -0.2) is 26.0 Å². The number of rotatable bonds is 6. The summed E-state index contributed by atoms with van der Waals surface area (Å²) in [6.45, 7) is 5.67. The van der Waals surface area contributed by atoms with E-state index in [-0.39, 0.29) is 17.0 Å². The molecule has 1 aromatic heterocycles. The number of para-hydroxylation sites is 1. The van der Waals surface area contributed by atoms with Crippen LogP contribution in [0.25, 0.3) is 0 Å². The largest absolute Gasteiger partial charge is 0.453 e. The molecule has 1 heterocycles. The third-order valence-electron chi connectivity index (χ3n) is 3.93. The molecule has 6 nitrogen and oxygen atoms in total. The van der Waals surface area contributed by atoms with Gasteiger partial charge in [0.1, 0.15) is 0 Å². The van der Waals surface area contributed by atoms with Crippen molar-refractivity contribution in [2.45, 2.75) is 49.7 Å². The van der Waals surface area contributed by atoms with Crippen LogP contribution in [0.4, 0.5) is 18.9 Å². The van der Waals surface area contributed by atoms with Crippen LogP contribution in [0.2, 0.25) is 0 Å². The number of benzene rings is 1. The number of hydrogen-bond acceptors (Lipinski definition) is 5. The van der Waals surface area contributed by atoms with Gasteiger partial charge in [-0.25, -0.2) is 4.68 Å². The lowest BCUT2D eigenvalue weighted by molar-refractivity contribution is -0.146. The summed E-state index contributed by atoms with van der Waals surface area (Å²) in [6, 6.07) is 7.44. The van der Waals surface area contributed by atoms with Gasteiger partial charge in [-0.1, -0.05) is 43.8 Å². The lowest BCUT2D eigenvalue weighted by atomic mass is 9.97. The maximum Gasteiger partial charge on any atom is 0.453 e. The molecule has 1 aromatic carbocycles. The van der Waals surface area contributed by atoms with Gasteiger partial charge in [0, 0.05) is 5.69 Å². The van der Waals surface area contributed by atoms with E-state index in [1.165, 1.54) is 0 Å². The number of thioether (sulfide) groups is 1. The topological polar surface area (TPSA) is 85.8 Å². The molecule has 0 radical (unpaired) electrons. The zero-order chi connectivity index (χ0) is 19.5. The highest BCUT2D eigenvalue weighted by molar-refractivity contribution is 8.00. The molecule has 0 aliphatic carbocycles. The third-order valence-corrected chi connectivity index (χ3v) is 4.99. The summed E-state index contributed by atoms with van der Waals surface area (Å²) in [5.41, 5.74) is 1.69. The molecule has 142 valence electrons. The average Bonchev–Trinajstić information content (AvgIpc) is 2.95. The Hall–Kier alpha value is -2.23. The summed E-state index contributed by atoms with van der Waals surface area (Å²) >= 11 is 0.807. The van der Waals surface area contributed by atoms with Crippen LogP contribution in [0.5, 0.6) is 0 Å². The first kappa shape index (κ1) is 20.1. The number of anilines is 1. The lowest BCUT2D eigenvalue weighted by Gasteiger charge is -2.17. The number of nitrogens with two attached hydrogens (primary N) is 1. The minimum atomic E-state index is -4.71. The normalized spacial score (nSPS) is 14.1. The second kappa shape index (κ2) is 7.98. The van der Waals surface area contributed by atoms with Gasteiger partial charge in [0.05, 0.1) is 5.25 Å². The van der Waals surface area contributed by atoms with Crippen LogP contribution in [0.1, 0.15) is 44.5 Å². The van der Waals surface area contributed by atoms with Crippen molar-refractivity contribution in [3.05, 3.63) is 35.7 Å². The quantitative estimate of drug-likeness (QED) is 0.584. The average molecular weight is 387 g/mol. The maximum absolute atomic E-state index is 12.7. The fourth-order valence-corrected chi connectivity index (χ4v) is 3.03. The first-order valence-corrected chi connectivity index (χ1v) is 8.87. The molecule has 0 bridgehead atoms. The van der Waals surface area contributed by atoms with E-state index < -0.39 is 17.3 Å². The number of carbonyl (C=O) groups excluding carboxylic acids is 1. The van der Waals surface area contributed by atoms with Crippen LogP contribution in [0, 0.1) is 0 Å². The van der Waals surface area contributed by atoms with Crippen molar-refractivity contribution in [3.63, 3.8) is 0 Å². The van der Waals surface area contributed by atoms with Crippen LogP contribution in [-0.2, 0) is 11.0 Å². The molecule has 3 N–H and O–H groups in total. The molecule has 2 rings (SSSR count). The summed E-state index contributed by atoms with van der Waals surface area (Å²) in [5.74, 6) is 3.98. The first-order chi connectivity index (χ1) is 12.1. The number of amides is 1. The summed E-state index contributed by atoms with van der Waals surface area (Å²) < 4.78 is 38.5. The Morgan fingerprint density at radius 1 is 1.31 bits per heavy atom. The Kier molecular flexibility index (Phi) is 6.17. The Labute approximate surface area is 153 Å². The number of halogens is 3. The van der Waals surface area contributed by atoms with Gasteiger partial charge in [-0.2, -0.15) is 13.2 Å². The van der Waals surface area contributed by atoms with Gasteiger partial charge >= 0.3 is 6.18 Å². The van der Waals surface area contributed by atoms with Crippen molar-refractivity contribution in [3.8, 4) is 0 Å². The highest BCUT2D eigenvalue weighted by atomic mass is 32.2. The molecule has 0 saturated carbocycles. The molecular weight excluding hydrogens is 367 g/mol. The van der Waals surface area contributed by atoms with E-state index in [1.54, 1.807) is 13.0 Å². The minimum absolute atomic E-state index is 0.185. The van der Waals surface area contributed by atoms with Gasteiger partial charge in [-0.3, -0.25) is 4.79 Å². The monoisotopic (exact) mass is 387 g/mol. The van der Waals surface area contributed by atoms with Crippen LogP contribution in [0.3, 0.4) is 0 Å². The Morgan fingerprint density at radius 2 is 1.96 bits per heavy atom. The second-order valence-electron chi connectivity index (χ2n) is 5.82. The number of nitrogen functional groups attached to an aromatic ring is 1. The number of alkyl halides is 3. The van der Waals surface area contributed by atoms with Crippen molar-refractivity contribution in [1.82, 2.24) is 14.9 Å². The predicted octanol–water partition coefficient (Wildman–Crippen LogP) is 3.64. The summed E-state index contributed by atoms with van der Waals surface area (Å²) in [7, 11) is 0. The van der Waals surface area contributed by atoms with Crippen molar-refractivity contribution in [1.29, 1.82) is 0 Å². The van der Waals surface area contributed by atoms with Gasteiger partial charge in [-0.05, 0) is 30.9 Å². The Bertz CT molecular complexity index is 777. The molecule has 0 unspecified atom stereocenters. The Balaban J connectivity index is 2.11. The number of carbonyl (C=O) groups is 1. The fourth-order valence-electron chi connectivity index (χ4n) is 2.26. The fraction of sp³-hybridized carbons (Fsp3) is 0.438. The summed E-state index contributed by atoms with van der Waals surface area (Å²) in [6.07, 6.45) is -3.80. The van der Waals surface area contributed by atoms with Gasteiger partial charge in [0.25, 0.3) is 5.82 Å². The van der Waals surface area contributed by atoms with Crippen molar-refractivity contribution < 1.29 is 18.0 Å². The molecule has 2 atom stereocenters. The van der Waals surface area contributed by atoms with E-state index in [2.05, 4.69) is 22.4 Å². The van der Waals surface area contributed by atoms with E-state index in [4.69, 9.17) is 5.84 Å². The van der Waals surface area contributed by atoms with E-state index in [0.29, 0.717) is 10.4 Å². The highest BCUT2D eigenvalue weighted by Gasteiger charge is 2.38. The standard InChI is InChI=1S/C16H20F3N5OS/c1-4-9(2)11-7-5-6-8-12(11)21-13(25)10(3)26-15-23-22-14(24(15)20)16(17,18)19/h5-10H,4,20H2,1-3H3,(H,21,25)/t9-,10+/m1/s1. The minimum Gasteiger partial charge on any atom is -0.335 e. The maximum atomic E-state index is 12.7. The Morgan fingerprint density at radius 3 is 2.54 bits per heavy atom. The van der Waals surface area contributed by atoms with Crippen LogP contribution >= 0.6 is 11.8 Å². The third kappa shape index (κ3) is 4.48. The first-order valence-electron chi connectivity index (χ1n) is 7.99. The molecule has 1 amide bonds. The van der Waals surface area contributed by atoms with Crippen molar-refractivity contribution in [2.24, 2.45) is 0 Å². The van der Waals surface area contributed by atoms with E-state index in [1.807, 2.05) is 25.1 Å². The van der Waals surface area contributed by atoms with Gasteiger partial charge in [-0.15, -0.1) is 10.2 Å². The molecule has 0 saturated heterocycles. The zero-order valence-corrected chi connectivity index (χ0v) is 15.4. The van der Waals surface area contributed by atoms with Crippen molar-refractivity contribution >= 4 is 23.4 Å².